The highest BCUT2D eigenvalue weighted by atomic mass is 19.1. The highest BCUT2D eigenvalue weighted by Crippen LogP contribution is 2.29. The lowest BCUT2D eigenvalue weighted by Crippen LogP contribution is -2.14. The minimum absolute atomic E-state index is 0.0242. The molecule has 0 heterocycles. The van der Waals surface area contributed by atoms with E-state index in [1.807, 2.05) is 0 Å². The molecule has 1 aliphatic rings. The summed E-state index contributed by atoms with van der Waals surface area (Å²) in [4.78, 5) is 10.7. The topological polar surface area (TPSA) is 26.3 Å². The molecule has 0 radical (unpaired) electrons. The minimum atomic E-state index is -0.517. The Balaban J connectivity index is 1.92. The lowest BCUT2D eigenvalue weighted by atomic mass is 9.83. The Morgan fingerprint density at radius 1 is 1.44 bits per heavy atom. The summed E-state index contributed by atoms with van der Waals surface area (Å²) in [5.41, 5.74) is 0.0242. The summed E-state index contributed by atoms with van der Waals surface area (Å²) in [6, 6.07) is 4.46. The zero-order chi connectivity index (χ0) is 11.4. The third-order valence-corrected chi connectivity index (χ3v) is 3.14. The van der Waals surface area contributed by atoms with E-state index in [4.69, 9.17) is 4.74 Å². The minimum Gasteiger partial charge on any atom is -0.493 e. The average Bonchev–Trinajstić information content (AvgIpc) is 2.22. The molecule has 0 aliphatic heterocycles. The van der Waals surface area contributed by atoms with Crippen molar-refractivity contribution in [3.63, 3.8) is 0 Å². The van der Waals surface area contributed by atoms with Crippen molar-refractivity contribution in [2.24, 2.45) is 5.92 Å². The van der Waals surface area contributed by atoms with Crippen LogP contribution < -0.4 is 4.74 Å². The Labute approximate surface area is 94.4 Å². The van der Waals surface area contributed by atoms with Crippen LogP contribution in [0.4, 0.5) is 4.39 Å². The number of aldehydes is 1. The molecule has 1 aliphatic carbocycles. The molecule has 86 valence electrons. The Morgan fingerprint density at radius 2 is 2.25 bits per heavy atom. The van der Waals surface area contributed by atoms with Gasteiger partial charge in [0.15, 0.2) is 6.29 Å². The Kier molecular flexibility index (Phi) is 3.54. The lowest BCUT2D eigenvalue weighted by Gasteiger charge is -2.25. The Bertz CT molecular complexity index is 372. The van der Waals surface area contributed by atoms with Crippen molar-refractivity contribution in [1.29, 1.82) is 0 Å². The fraction of sp³-hybridized carbons (Fsp3) is 0.462. The molecule has 3 heteroatoms. The van der Waals surface area contributed by atoms with Crippen molar-refractivity contribution < 1.29 is 13.9 Å². The molecule has 0 N–H and O–H groups in total. The number of hydrogen-bond acceptors (Lipinski definition) is 2. The second-order valence-electron chi connectivity index (χ2n) is 4.20. The normalized spacial score (nSPS) is 15.6. The van der Waals surface area contributed by atoms with Gasteiger partial charge in [0.05, 0.1) is 12.2 Å². The second kappa shape index (κ2) is 5.10. The summed E-state index contributed by atoms with van der Waals surface area (Å²) in [7, 11) is 0. The van der Waals surface area contributed by atoms with Crippen LogP contribution in [-0.2, 0) is 0 Å². The molecule has 1 saturated carbocycles. The van der Waals surface area contributed by atoms with Crippen LogP contribution in [0.3, 0.4) is 0 Å². The van der Waals surface area contributed by atoms with Gasteiger partial charge >= 0.3 is 0 Å². The summed E-state index contributed by atoms with van der Waals surface area (Å²) in [5.74, 6) is 0.596. The molecule has 1 aromatic rings. The zero-order valence-electron chi connectivity index (χ0n) is 9.12. The van der Waals surface area contributed by atoms with Gasteiger partial charge < -0.3 is 4.74 Å². The van der Waals surface area contributed by atoms with E-state index < -0.39 is 5.82 Å². The molecule has 0 bridgehead atoms. The predicted octanol–water partition coefficient (Wildman–Crippen LogP) is 3.21. The molecular weight excluding hydrogens is 207 g/mol. The summed E-state index contributed by atoms with van der Waals surface area (Å²) in [6.07, 6.45) is 5.35. The predicted molar refractivity (Wildman–Crippen MR) is 59.2 cm³/mol. The first-order valence-electron chi connectivity index (χ1n) is 5.67. The number of halogens is 1. The maximum Gasteiger partial charge on any atom is 0.156 e. The fourth-order valence-electron chi connectivity index (χ4n) is 1.87. The molecule has 1 fully saturated rings. The summed E-state index contributed by atoms with van der Waals surface area (Å²) < 4.78 is 18.6. The monoisotopic (exact) mass is 222 g/mol. The number of hydrogen-bond donors (Lipinski definition) is 0. The van der Waals surface area contributed by atoms with Gasteiger partial charge in [-0.25, -0.2) is 4.39 Å². The SMILES string of the molecule is O=Cc1c(F)cccc1OCCC1CCC1. The molecule has 0 unspecified atom stereocenters. The number of carbonyl (C=O) groups excluding carboxylic acids is 1. The van der Waals surface area contributed by atoms with Gasteiger partial charge in [0, 0.05) is 0 Å². The van der Waals surface area contributed by atoms with Gasteiger partial charge in [0.2, 0.25) is 0 Å². The summed E-state index contributed by atoms with van der Waals surface area (Å²) in [6.45, 7) is 0.564. The zero-order valence-corrected chi connectivity index (χ0v) is 9.12. The van der Waals surface area contributed by atoms with Crippen LogP contribution in [0.1, 0.15) is 36.0 Å². The van der Waals surface area contributed by atoms with Crippen molar-refractivity contribution in [3.8, 4) is 5.75 Å². The lowest BCUT2D eigenvalue weighted by molar-refractivity contribution is 0.111. The van der Waals surface area contributed by atoms with Crippen molar-refractivity contribution in [2.45, 2.75) is 25.7 Å². The quantitative estimate of drug-likeness (QED) is 0.715. The van der Waals surface area contributed by atoms with Crippen LogP contribution in [0.25, 0.3) is 0 Å². The molecule has 0 aromatic heterocycles. The molecule has 2 nitrogen and oxygen atoms in total. The van der Waals surface area contributed by atoms with Gasteiger partial charge in [-0.2, -0.15) is 0 Å². The first-order chi connectivity index (χ1) is 7.81. The Morgan fingerprint density at radius 3 is 2.88 bits per heavy atom. The molecule has 0 atom stereocenters. The van der Waals surface area contributed by atoms with E-state index in [1.165, 1.54) is 25.3 Å². The van der Waals surface area contributed by atoms with Crippen molar-refractivity contribution in [1.82, 2.24) is 0 Å². The maximum absolute atomic E-state index is 13.2. The number of carbonyl (C=O) groups is 1. The second-order valence-corrected chi connectivity index (χ2v) is 4.20. The molecule has 16 heavy (non-hydrogen) atoms. The van der Waals surface area contributed by atoms with E-state index in [2.05, 4.69) is 0 Å². The standard InChI is InChI=1S/C13H15FO2/c14-12-5-2-6-13(11(12)9-15)16-8-7-10-3-1-4-10/h2,5-6,9-10H,1,3-4,7-8H2. The van der Waals surface area contributed by atoms with E-state index >= 15 is 0 Å². The van der Waals surface area contributed by atoms with Crippen LogP contribution in [0.2, 0.25) is 0 Å². The van der Waals surface area contributed by atoms with Crippen LogP contribution in [0.15, 0.2) is 18.2 Å². The first kappa shape index (κ1) is 11.1. The van der Waals surface area contributed by atoms with E-state index in [0.717, 1.165) is 12.3 Å². The first-order valence-corrected chi connectivity index (χ1v) is 5.67. The van der Waals surface area contributed by atoms with Crippen molar-refractivity contribution in [2.75, 3.05) is 6.61 Å². The fourth-order valence-corrected chi connectivity index (χ4v) is 1.87. The third kappa shape index (κ3) is 2.40. The summed E-state index contributed by atoms with van der Waals surface area (Å²) in [5, 5.41) is 0. The molecule has 0 saturated heterocycles. The molecule has 0 spiro atoms. The molecular formula is C13H15FO2. The number of benzene rings is 1. The smallest absolute Gasteiger partial charge is 0.156 e. The third-order valence-electron chi connectivity index (χ3n) is 3.14. The largest absolute Gasteiger partial charge is 0.493 e. The summed E-state index contributed by atoms with van der Waals surface area (Å²) >= 11 is 0. The van der Waals surface area contributed by atoms with Gasteiger partial charge in [-0.15, -0.1) is 0 Å². The van der Waals surface area contributed by atoms with Gasteiger partial charge in [-0.3, -0.25) is 4.79 Å². The van der Waals surface area contributed by atoms with E-state index in [-0.39, 0.29) is 5.56 Å². The van der Waals surface area contributed by atoms with Crippen molar-refractivity contribution >= 4 is 6.29 Å². The van der Waals surface area contributed by atoms with Crippen molar-refractivity contribution in [3.05, 3.63) is 29.6 Å². The highest BCUT2D eigenvalue weighted by molar-refractivity contribution is 5.79. The van der Waals surface area contributed by atoms with E-state index in [1.54, 1.807) is 12.1 Å². The van der Waals surface area contributed by atoms with Gasteiger partial charge in [-0.05, 0) is 24.5 Å². The average molecular weight is 222 g/mol. The van der Waals surface area contributed by atoms with Crippen LogP contribution in [0.5, 0.6) is 5.75 Å². The van der Waals surface area contributed by atoms with Crippen LogP contribution >= 0.6 is 0 Å². The van der Waals surface area contributed by atoms with Crippen LogP contribution in [-0.4, -0.2) is 12.9 Å². The van der Waals surface area contributed by atoms with Crippen LogP contribution in [0, 0.1) is 11.7 Å². The maximum atomic E-state index is 13.2. The Hall–Kier alpha value is -1.38. The van der Waals surface area contributed by atoms with E-state index in [9.17, 15) is 9.18 Å². The highest BCUT2D eigenvalue weighted by Gasteiger charge is 2.17. The van der Waals surface area contributed by atoms with Gasteiger partial charge in [0.1, 0.15) is 11.6 Å². The number of ether oxygens (including phenoxy) is 1. The molecule has 0 amide bonds. The van der Waals surface area contributed by atoms with Gasteiger partial charge in [0.25, 0.3) is 0 Å². The molecule has 2 rings (SSSR count). The van der Waals surface area contributed by atoms with E-state index in [0.29, 0.717) is 18.6 Å². The van der Waals surface area contributed by atoms with Gasteiger partial charge in [-0.1, -0.05) is 25.3 Å². The molecule has 1 aromatic carbocycles. The number of rotatable bonds is 5.